The predicted molar refractivity (Wildman–Crippen MR) is 86.3 cm³/mol. The molecule has 1 aliphatic rings. The molecular weight excluding hydrogens is 276 g/mol. The number of aryl methyl sites for hydroxylation is 1. The van der Waals surface area contributed by atoms with Crippen LogP contribution in [0.4, 0.5) is 0 Å². The Labute approximate surface area is 131 Å². The first-order valence-electron chi connectivity index (χ1n) is 7.60. The molecular formula is C18H22N2O2. The number of ether oxygens (including phenoxy) is 2. The molecule has 0 amide bonds. The summed E-state index contributed by atoms with van der Waals surface area (Å²) in [5.74, 6) is 1.66. The van der Waals surface area contributed by atoms with Gasteiger partial charge in [0.05, 0.1) is 0 Å². The van der Waals surface area contributed by atoms with E-state index in [4.69, 9.17) is 9.47 Å². The summed E-state index contributed by atoms with van der Waals surface area (Å²) in [5.41, 5.74) is 3.37. The zero-order chi connectivity index (χ0) is 15.6. The van der Waals surface area contributed by atoms with Gasteiger partial charge >= 0.3 is 0 Å². The summed E-state index contributed by atoms with van der Waals surface area (Å²) in [6.45, 7) is 8.40. The van der Waals surface area contributed by atoms with Crippen molar-refractivity contribution in [3.8, 4) is 11.5 Å². The van der Waals surface area contributed by atoms with Crippen LogP contribution >= 0.6 is 0 Å². The lowest BCUT2D eigenvalue weighted by Gasteiger charge is -2.29. The maximum absolute atomic E-state index is 5.67. The van der Waals surface area contributed by atoms with Crippen LogP contribution in [0.2, 0.25) is 0 Å². The molecule has 1 aliphatic heterocycles. The van der Waals surface area contributed by atoms with Crippen molar-refractivity contribution in [1.29, 1.82) is 0 Å². The number of benzene rings is 1. The van der Waals surface area contributed by atoms with Crippen LogP contribution in [0.1, 0.15) is 30.5 Å². The van der Waals surface area contributed by atoms with Crippen LogP contribution in [0.15, 0.2) is 36.7 Å². The topological polar surface area (TPSA) is 43.4 Å². The third kappa shape index (κ3) is 3.22. The van der Waals surface area contributed by atoms with Gasteiger partial charge in [-0.15, -0.1) is 0 Å². The van der Waals surface area contributed by atoms with E-state index in [1.54, 1.807) is 0 Å². The van der Waals surface area contributed by atoms with Crippen molar-refractivity contribution in [2.45, 2.75) is 32.9 Å². The van der Waals surface area contributed by atoms with Gasteiger partial charge in [0.15, 0.2) is 11.5 Å². The first-order valence-corrected chi connectivity index (χ1v) is 7.60. The molecule has 116 valence electrons. The number of nitrogens with zero attached hydrogens (tertiary/aromatic N) is 1. The smallest absolute Gasteiger partial charge is 0.161 e. The van der Waals surface area contributed by atoms with Gasteiger partial charge in [-0.25, -0.2) is 0 Å². The molecule has 0 bridgehead atoms. The first kappa shape index (κ1) is 14.9. The average Bonchev–Trinajstić information content (AvgIpc) is 2.53. The first-order chi connectivity index (χ1) is 10.5. The van der Waals surface area contributed by atoms with Crippen LogP contribution in [0.25, 0.3) is 0 Å². The molecule has 0 radical (unpaired) electrons. The lowest BCUT2D eigenvalue weighted by molar-refractivity contribution is 0.171. The Balaban J connectivity index is 1.74. The summed E-state index contributed by atoms with van der Waals surface area (Å²) in [4.78, 5) is 4.24. The molecule has 0 saturated carbocycles. The molecule has 4 nitrogen and oxygen atoms in total. The van der Waals surface area contributed by atoms with Crippen LogP contribution in [-0.2, 0) is 12.1 Å². The van der Waals surface area contributed by atoms with Gasteiger partial charge in [0.25, 0.3) is 0 Å². The van der Waals surface area contributed by atoms with Crippen molar-refractivity contribution >= 4 is 0 Å². The van der Waals surface area contributed by atoms with Gasteiger partial charge in [-0.3, -0.25) is 4.98 Å². The molecule has 0 aliphatic carbocycles. The van der Waals surface area contributed by atoms with Gasteiger partial charge in [-0.2, -0.15) is 0 Å². The van der Waals surface area contributed by atoms with E-state index in [-0.39, 0.29) is 5.54 Å². The third-order valence-electron chi connectivity index (χ3n) is 3.93. The average molecular weight is 298 g/mol. The highest BCUT2D eigenvalue weighted by molar-refractivity contribution is 5.45. The fraction of sp³-hybridized carbons (Fsp3) is 0.389. The van der Waals surface area contributed by atoms with Gasteiger partial charge < -0.3 is 14.8 Å². The van der Waals surface area contributed by atoms with E-state index < -0.39 is 0 Å². The predicted octanol–water partition coefficient (Wildman–Crippen LogP) is 3.19. The fourth-order valence-corrected chi connectivity index (χ4v) is 2.57. The maximum Gasteiger partial charge on any atom is 0.161 e. The second kappa shape index (κ2) is 5.97. The van der Waals surface area contributed by atoms with Crippen molar-refractivity contribution < 1.29 is 9.47 Å². The summed E-state index contributed by atoms with van der Waals surface area (Å²) >= 11 is 0. The molecule has 4 heteroatoms. The number of fused-ring (bicyclic) bond motifs is 1. The molecule has 0 unspecified atom stereocenters. The Kier molecular flexibility index (Phi) is 4.03. The third-order valence-corrected chi connectivity index (χ3v) is 3.93. The monoisotopic (exact) mass is 298 g/mol. The van der Waals surface area contributed by atoms with E-state index in [2.05, 4.69) is 49.3 Å². The molecule has 0 spiro atoms. The van der Waals surface area contributed by atoms with Crippen molar-refractivity contribution in [3.05, 3.63) is 53.3 Å². The van der Waals surface area contributed by atoms with Crippen LogP contribution in [-0.4, -0.2) is 18.2 Å². The minimum absolute atomic E-state index is 0.167. The molecule has 1 aromatic heterocycles. The molecule has 1 N–H and O–H groups in total. The number of rotatable bonds is 4. The number of nitrogens with one attached hydrogen (secondary N) is 1. The second-order valence-electron chi connectivity index (χ2n) is 6.21. The number of aromatic nitrogens is 1. The quantitative estimate of drug-likeness (QED) is 0.941. The molecule has 0 atom stereocenters. The Morgan fingerprint density at radius 2 is 1.86 bits per heavy atom. The summed E-state index contributed by atoms with van der Waals surface area (Å²) in [6.07, 6.45) is 3.77. The van der Waals surface area contributed by atoms with Crippen LogP contribution in [0.3, 0.4) is 0 Å². The van der Waals surface area contributed by atoms with Crippen LogP contribution in [0, 0.1) is 6.92 Å². The van der Waals surface area contributed by atoms with Crippen LogP contribution in [0.5, 0.6) is 11.5 Å². The standard InChI is InChI=1S/C18H22N2O2/c1-13-8-14(11-19-10-13)12-20-18(2,3)15-4-5-16-17(9-15)22-7-6-21-16/h4-5,8-11,20H,6-7,12H2,1-3H3. The maximum atomic E-state index is 5.67. The summed E-state index contributed by atoms with van der Waals surface area (Å²) in [6, 6.07) is 8.30. The van der Waals surface area contributed by atoms with Gasteiger partial charge in [-0.05, 0) is 49.6 Å². The minimum atomic E-state index is -0.167. The number of hydrogen-bond donors (Lipinski definition) is 1. The van der Waals surface area contributed by atoms with Gasteiger partial charge in [0.1, 0.15) is 13.2 Å². The lowest BCUT2D eigenvalue weighted by Crippen LogP contribution is -2.36. The highest BCUT2D eigenvalue weighted by Crippen LogP contribution is 2.34. The second-order valence-corrected chi connectivity index (χ2v) is 6.21. The van der Waals surface area contributed by atoms with Gasteiger partial charge in [-0.1, -0.05) is 12.1 Å². The Bertz CT molecular complexity index is 668. The number of pyridine rings is 1. The van der Waals surface area contributed by atoms with E-state index in [1.807, 2.05) is 18.5 Å². The normalized spacial score (nSPS) is 14.0. The van der Waals surface area contributed by atoms with Crippen molar-refractivity contribution in [2.24, 2.45) is 0 Å². The van der Waals surface area contributed by atoms with Crippen molar-refractivity contribution in [1.82, 2.24) is 10.3 Å². The summed E-state index contributed by atoms with van der Waals surface area (Å²) in [7, 11) is 0. The largest absolute Gasteiger partial charge is 0.486 e. The highest BCUT2D eigenvalue weighted by atomic mass is 16.6. The van der Waals surface area contributed by atoms with Gasteiger partial charge in [0, 0.05) is 24.5 Å². The Hall–Kier alpha value is -2.07. The zero-order valence-electron chi connectivity index (χ0n) is 13.3. The molecule has 0 fully saturated rings. The van der Waals surface area contributed by atoms with E-state index in [9.17, 15) is 0 Å². The molecule has 2 heterocycles. The van der Waals surface area contributed by atoms with E-state index >= 15 is 0 Å². The van der Waals surface area contributed by atoms with E-state index in [0.717, 1.165) is 18.0 Å². The number of hydrogen-bond acceptors (Lipinski definition) is 4. The summed E-state index contributed by atoms with van der Waals surface area (Å²) < 4.78 is 11.3. The molecule has 22 heavy (non-hydrogen) atoms. The van der Waals surface area contributed by atoms with Crippen molar-refractivity contribution in [2.75, 3.05) is 13.2 Å². The zero-order valence-corrected chi connectivity index (χ0v) is 13.3. The van der Waals surface area contributed by atoms with Crippen LogP contribution < -0.4 is 14.8 Å². The lowest BCUT2D eigenvalue weighted by atomic mass is 9.93. The molecule has 0 saturated heterocycles. The van der Waals surface area contributed by atoms with Gasteiger partial charge in [0.2, 0.25) is 0 Å². The molecule has 3 rings (SSSR count). The summed E-state index contributed by atoms with van der Waals surface area (Å²) in [5, 5.41) is 3.59. The molecule has 1 aromatic carbocycles. The minimum Gasteiger partial charge on any atom is -0.486 e. The Morgan fingerprint density at radius 3 is 2.64 bits per heavy atom. The molecule has 2 aromatic rings. The van der Waals surface area contributed by atoms with Crippen molar-refractivity contribution in [3.63, 3.8) is 0 Å². The SMILES string of the molecule is Cc1cncc(CNC(C)(C)c2ccc3c(c2)OCCO3)c1. The van der Waals surface area contributed by atoms with E-state index in [0.29, 0.717) is 13.2 Å². The van der Waals surface area contributed by atoms with E-state index in [1.165, 1.54) is 16.7 Å². The highest BCUT2D eigenvalue weighted by Gasteiger charge is 2.22. The fourth-order valence-electron chi connectivity index (χ4n) is 2.57. The Morgan fingerprint density at radius 1 is 1.09 bits per heavy atom.